The van der Waals surface area contributed by atoms with Gasteiger partial charge in [0.05, 0.1) is 7.11 Å². The highest BCUT2D eigenvalue weighted by Crippen LogP contribution is 2.21. The van der Waals surface area contributed by atoms with Gasteiger partial charge in [-0.05, 0) is 18.2 Å². The molecule has 7 nitrogen and oxygen atoms in total. The molecule has 8 heteroatoms. The Morgan fingerprint density at radius 2 is 2.08 bits per heavy atom. The van der Waals surface area contributed by atoms with Gasteiger partial charge in [0.25, 0.3) is 11.7 Å². The zero-order chi connectivity index (χ0) is 17.1. The molecule has 2 aromatic rings. The summed E-state index contributed by atoms with van der Waals surface area (Å²) < 4.78 is 23.6. The highest BCUT2D eigenvalue weighted by Gasteiger charge is 2.25. The van der Waals surface area contributed by atoms with Crippen LogP contribution in [-0.2, 0) is 6.54 Å². The Morgan fingerprint density at radius 1 is 1.33 bits per heavy atom. The van der Waals surface area contributed by atoms with E-state index in [0.29, 0.717) is 44.4 Å². The number of carbonyl (C=O) groups is 1. The van der Waals surface area contributed by atoms with Crippen molar-refractivity contribution in [3.8, 4) is 5.75 Å². The van der Waals surface area contributed by atoms with Crippen molar-refractivity contribution in [1.82, 2.24) is 19.9 Å². The molecule has 1 saturated heterocycles. The van der Waals surface area contributed by atoms with Crippen LogP contribution in [0.1, 0.15) is 22.1 Å². The van der Waals surface area contributed by atoms with Crippen LogP contribution in [0, 0.1) is 12.7 Å². The third kappa shape index (κ3) is 3.53. The molecule has 1 aromatic carbocycles. The molecule has 3 rings (SSSR count). The van der Waals surface area contributed by atoms with Crippen molar-refractivity contribution in [1.29, 1.82) is 0 Å². The largest absolute Gasteiger partial charge is 0.496 e. The Hall–Kier alpha value is -2.48. The van der Waals surface area contributed by atoms with Gasteiger partial charge in [0, 0.05) is 45.2 Å². The van der Waals surface area contributed by atoms with Crippen LogP contribution in [0.3, 0.4) is 0 Å². The second-order valence-corrected chi connectivity index (χ2v) is 5.66. The van der Waals surface area contributed by atoms with Gasteiger partial charge in [-0.25, -0.2) is 4.39 Å². The molecule has 1 fully saturated rings. The van der Waals surface area contributed by atoms with Crippen LogP contribution in [0.15, 0.2) is 22.7 Å². The lowest BCUT2D eigenvalue weighted by molar-refractivity contribution is 0.0612. The number of nitrogens with zero attached hydrogens (tertiary/aromatic N) is 4. The number of carbonyl (C=O) groups excluding carboxylic acids is 1. The molecular weight excluding hydrogens is 315 g/mol. The van der Waals surface area contributed by atoms with Gasteiger partial charge in [-0.15, -0.1) is 0 Å². The molecule has 0 bridgehead atoms. The summed E-state index contributed by atoms with van der Waals surface area (Å²) in [6, 6.07) is 4.49. The summed E-state index contributed by atoms with van der Waals surface area (Å²) in [5.74, 6) is 0.613. The van der Waals surface area contributed by atoms with Crippen LogP contribution in [-0.4, -0.2) is 59.1 Å². The molecule has 128 valence electrons. The average Bonchev–Trinajstić information content (AvgIpc) is 3.02. The smallest absolute Gasteiger partial charge is 0.295 e. The Kier molecular flexibility index (Phi) is 4.75. The van der Waals surface area contributed by atoms with E-state index in [2.05, 4.69) is 15.0 Å². The van der Waals surface area contributed by atoms with Crippen LogP contribution in [0.5, 0.6) is 5.75 Å². The van der Waals surface area contributed by atoms with E-state index in [1.165, 1.54) is 12.1 Å². The number of benzene rings is 1. The van der Waals surface area contributed by atoms with E-state index < -0.39 is 0 Å². The SMILES string of the molecule is COc1ccc(F)cc1CN1CCN(C(=O)c2noc(C)n2)CC1. The van der Waals surface area contributed by atoms with Crippen LogP contribution in [0.2, 0.25) is 0 Å². The number of rotatable bonds is 4. The van der Waals surface area contributed by atoms with Crippen LogP contribution in [0.25, 0.3) is 0 Å². The summed E-state index contributed by atoms with van der Waals surface area (Å²) in [6.07, 6.45) is 0. The van der Waals surface area contributed by atoms with E-state index in [1.54, 1.807) is 25.0 Å². The van der Waals surface area contributed by atoms with Crippen LogP contribution < -0.4 is 4.74 Å². The van der Waals surface area contributed by atoms with E-state index in [-0.39, 0.29) is 17.5 Å². The van der Waals surface area contributed by atoms with Crippen molar-refractivity contribution in [2.45, 2.75) is 13.5 Å². The topological polar surface area (TPSA) is 71.7 Å². The standard InChI is InChI=1S/C16H19FN4O3/c1-11-18-15(19-24-11)16(22)21-7-5-20(6-8-21)10-12-9-13(17)3-4-14(12)23-2/h3-4,9H,5-8,10H2,1-2H3. The van der Waals surface area contributed by atoms with Crippen molar-refractivity contribution in [3.05, 3.63) is 41.3 Å². The molecule has 1 aliphatic heterocycles. The maximum Gasteiger partial charge on any atom is 0.295 e. The fourth-order valence-corrected chi connectivity index (χ4v) is 2.75. The van der Waals surface area contributed by atoms with Crippen LogP contribution in [0.4, 0.5) is 4.39 Å². The predicted molar refractivity (Wildman–Crippen MR) is 83.2 cm³/mol. The minimum atomic E-state index is -0.285. The molecule has 0 saturated carbocycles. The normalized spacial score (nSPS) is 15.5. The summed E-state index contributed by atoms with van der Waals surface area (Å²) in [6.45, 7) is 4.71. The third-order valence-electron chi connectivity index (χ3n) is 4.01. The first-order valence-corrected chi connectivity index (χ1v) is 7.71. The molecular formula is C16H19FN4O3. The number of piperazine rings is 1. The molecule has 0 N–H and O–H groups in total. The maximum atomic E-state index is 13.4. The lowest BCUT2D eigenvalue weighted by atomic mass is 10.1. The summed E-state index contributed by atoms with van der Waals surface area (Å²) >= 11 is 0. The fraction of sp³-hybridized carbons (Fsp3) is 0.438. The van der Waals surface area contributed by atoms with Gasteiger partial charge in [0.1, 0.15) is 11.6 Å². The molecule has 1 aromatic heterocycles. The van der Waals surface area contributed by atoms with E-state index in [1.807, 2.05) is 0 Å². The minimum absolute atomic E-state index is 0.0905. The monoisotopic (exact) mass is 334 g/mol. The lowest BCUT2D eigenvalue weighted by Crippen LogP contribution is -2.48. The third-order valence-corrected chi connectivity index (χ3v) is 4.01. The van der Waals surface area contributed by atoms with Gasteiger partial charge in [-0.2, -0.15) is 4.98 Å². The maximum absolute atomic E-state index is 13.4. The Balaban J connectivity index is 1.59. The van der Waals surface area contributed by atoms with Gasteiger partial charge in [-0.3, -0.25) is 9.69 Å². The molecule has 24 heavy (non-hydrogen) atoms. The van der Waals surface area contributed by atoms with Crippen molar-refractivity contribution < 1.29 is 18.4 Å². The van der Waals surface area contributed by atoms with Gasteiger partial charge in [0.15, 0.2) is 0 Å². The van der Waals surface area contributed by atoms with Gasteiger partial charge in [-0.1, -0.05) is 5.16 Å². The van der Waals surface area contributed by atoms with Crippen molar-refractivity contribution in [3.63, 3.8) is 0 Å². The highest BCUT2D eigenvalue weighted by molar-refractivity contribution is 5.90. The lowest BCUT2D eigenvalue weighted by Gasteiger charge is -2.34. The van der Waals surface area contributed by atoms with Crippen LogP contribution >= 0.6 is 0 Å². The number of aromatic nitrogens is 2. The minimum Gasteiger partial charge on any atom is -0.496 e. The molecule has 0 spiro atoms. The fourth-order valence-electron chi connectivity index (χ4n) is 2.75. The predicted octanol–water partition coefficient (Wildman–Crippen LogP) is 1.48. The number of hydrogen-bond acceptors (Lipinski definition) is 6. The molecule has 0 radical (unpaired) electrons. The number of methoxy groups -OCH3 is 1. The van der Waals surface area contributed by atoms with Crippen molar-refractivity contribution in [2.75, 3.05) is 33.3 Å². The van der Waals surface area contributed by atoms with Gasteiger partial charge < -0.3 is 14.2 Å². The van der Waals surface area contributed by atoms with E-state index in [4.69, 9.17) is 9.26 Å². The average molecular weight is 334 g/mol. The first kappa shape index (κ1) is 16.4. The van der Waals surface area contributed by atoms with E-state index in [0.717, 1.165) is 5.56 Å². The van der Waals surface area contributed by atoms with Crippen molar-refractivity contribution >= 4 is 5.91 Å². The second-order valence-electron chi connectivity index (χ2n) is 5.66. The molecule has 1 amide bonds. The number of ether oxygens (including phenoxy) is 1. The Morgan fingerprint density at radius 3 is 2.71 bits per heavy atom. The number of aryl methyl sites for hydroxylation is 1. The van der Waals surface area contributed by atoms with E-state index in [9.17, 15) is 9.18 Å². The quantitative estimate of drug-likeness (QED) is 0.843. The summed E-state index contributed by atoms with van der Waals surface area (Å²) in [5.41, 5.74) is 0.797. The first-order valence-electron chi connectivity index (χ1n) is 7.71. The second kappa shape index (κ2) is 6.96. The highest BCUT2D eigenvalue weighted by atomic mass is 19.1. The summed E-state index contributed by atoms with van der Waals surface area (Å²) in [4.78, 5) is 20.1. The Bertz CT molecular complexity index is 726. The van der Waals surface area contributed by atoms with Crippen molar-refractivity contribution in [2.24, 2.45) is 0 Å². The molecule has 1 aliphatic rings. The zero-order valence-corrected chi connectivity index (χ0v) is 13.7. The Labute approximate surface area is 139 Å². The number of hydrogen-bond donors (Lipinski definition) is 0. The molecule has 0 unspecified atom stereocenters. The van der Waals surface area contributed by atoms with Gasteiger partial charge in [0.2, 0.25) is 5.89 Å². The van der Waals surface area contributed by atoms with E-state index >= 15 is 0 Å². The first-order chi connectivity index (χ1) is 11.6. The molecule has 0 aliphatic carbocycles. The summed E-state index contributed by atoms with van der Waals surface area (Å²) in [7, 11) is 1.57. The van der Waals surface area contributed by atoms with Gasteiger partial charge >= 0.3 is 0 Å². The zero-order valence-electron chi connectivity index (χ0n) is 13.7. The molecule has 2 heterocycles. The number of amides is 1. The number of halogens is 1. The summed E-state index contributed by atoms with van der Waals surface area (Å²) in [5, 5.41) is 3.66. The molecule has 0 atom stereocenters.